The van der Waals surface area contributed by atoms with Crippen LogP contribution in [0.1, 0.15) is 49.8 Å². The van der Waals surface area contributed by atoms with Crippen LogP contribution in [0.5, 0.6) is 0 Å². The Morgan fingerprint density at radius 2 is 2.03 bits per heavy atom. The molecule has 3 aromatic rings. The summed E-state index contributed by atoms with van der Waals surface area (Å²) in [6.07, 6.45) is 9.15. The minimum Gasteiger partial charge on any atom is -0.340 e. The van der Waals surface area contributed by atoms with Crippen LogP contribution in [0.3, 0.4) is 0 Å². The smallest absolute Gasteiger partial charge is 0.223 e. The number of amides is 1. The average molecular weight is 386 g/mol. The first-order valence-electron chi connectivity index (χ1n) is 10.3. The fraction of sp³-hybridized carbons (Fsp3) is 0.375. The van der Waals surface area contributed by atoms with Crippen molar-refractivity contribution in [3.05, 3.63) is 60.0 Å². The zero-order chi connectivity index (χ0) is 20.1. The van der Waals surface area contributed by atoms with Crippen molar-refractivity contribution in [3.63, 3.8) is 0 Å². The monoisotopic (exact) mass is 386 g/mol. The Morgan fingerprint density at radius 1 is 1.21 bits per heavy atom. The normalized spacial score (nSPS) is 15.5. The van der Waals surface area contributed by atoms with Crippen LogP contribution in [0, 0.1) is 18.8 Å². The van der Waals surface area contributed by atoms with E-state index in [1.807, 2.05) is 48.1 Å². The Labute approximate surface area is 171 Å². The van der Waals surface area contributed by atoms with Gasteiger partial charge in [-0.1, -0.05) is 49.3 Å². The molecular weight excluding hydrogens is 360 g/mol. The largest absolute Gasteiger partial charge is 0.340 e. The Morgan fingerprint density at radius 3 is 2.83 bits per heavy atom. The van der Waals surface area contributed by atoms with Gasteiger partial charge in [-0.3, -0.25) is 14.5 Å². The third kappa shape index (κ3) is 4.65. The number of nitrogens with zero attached hydrogens (tertiary/aromatic N) is 3. The number of rotatable bonds is 4. The molecule has 0 unspecified atom stereocenters. The molecule has 1 N–H and O–H groups in total. The van der Waals surface area contributed by atoms with Crippen molar-refractivity contribution in [2.24, 2.45) is 0 Å². The Kier molecular flexibility index (Phi) is 5.62. The van der Waals surface area contributed by atoms with E-state index in [0.29, 0.717) is 13.0 Å². The maximum absolute atomic E-state index is 12.7. The fourth-order valence-electron chi connectivity index (χ4n) is 3.94. The zero-order valence-electron chi connectivity index (χ0n) is 16.8. The van der Waals surface area contributed by atoms with Crippen molar-refractivity contribution in [1.29, 1.82) is 0 Å². The average Bonchev–Trinajstić information content (AvgIpc) is 3.16. The van der Waals surface area contributed by atoms with Crippen LogP contribution in [-0.2, 0) is 11.3 Å². The third-order valence-corrected chi connectivity index (χ3v) is 5.60. The number of aromatic nitrogens is 3. The summed E-state index contributed by atoms with van der Waals surface area (Å²) < 4.78 is 1.86. The van der Waals surface area contributed by atoms with Gasteiger partial charge in [0.2, 0.25) is 5.91 Å². The number of aryl methyl sites for hydroxylation is 2. The quantitative estimate of drug-likeness (QED) is 0.690. The summed E-state index contributed by atoms with van der Waals surface area (Å²) in [4.78, 5) is 17.2. The van der Waals surface area contributed by atoms with Crippen LogP contribution in [0.2, 0.25) is 0 Å². The highest BCUT2D eigenvalue weighted by Gasteiger charge is 2.31. The number of pyridine rings is 1. The van der Waals surface area contributed by atoms with Gasteiger partial charge in [0.1, 0.15) is 5.54 Å². The summed E-state index contributed by atoms with van der Waals surface area (Å²) in [6, 6.07) is 12.0. The lowest BCUT2D eigenvalue weighted by Gasteiger charge is -2.33. The van der Waals surface area contributed by atoms with Crippen molar-refractivity contribution in [3.8, 4) is 11.8 Å². The Hall–Kier alpha value is -3.13. The topological polar surface area (TPSA) is 59.8 Å². The van der Waals surface area contributed by atoms with Crippen molar-refractivity contribution in [2.45, 2.75) is 57.5 Å². The van der Waals surface area contributed by atoms with Crippen molar-refractivity contribution >= 4 is 16.8 Å². The van der Waals surface area contributed by atoms with Gasteiger partial charge in [-0.05, 0) is 38.0 Å². The number of benzene rings is 1. The molecule has 5 heteroatoms. The molecule has 0 atom stereocenters. The number of para-hydroxylation sites is 1. The molecule has 0 radical (unpaired) electrons. The van der Waals surface area contributed by atoms with Gasteiger partial charge < -0.3 is 5.32 Å². The highest BCUT2D eigenvalue weighted by atomic mass is 16.1. The van der Waals surface area contributed by atoms with E-state index in [1.165, 1.54) is 6.42 Å². The summed E-state index contributed by atoms with van der Waals surface area (Å²) >= 11 is 0. The molecule has 29 heavy (non-hydrogen) atoms. The van der Waals surface area contributed by atoms with E-state index in [2.05, 4.69) is 33.3 Å². The predicted octanol–water partition coefficient (Wildman–Crippen LogP) is 4.00. The maximum atomic E-state index is 12.7. The van der Waals surface area contributed by atoms with Gasteiger partial charge in [-0.25, -0.2) is 0 Å². The molecular formula is C24H26N4O. The van der Waals surface area contributed by atoms with E-state index in [4.69, 9.17) is 0 Å². The van der Waals surface area contributed by atoms with Crippen LogP contribution < -0.4 is 5.32 Å². The summed E-state index contributed by atoms with van der Waals surface area (Å²) in [5.74, 6) is 6.73. The molecule has 0 bridgehead atoms. The van der Waals surface area contributed by atoms with Crippen LogP contribution in [0.4, 0.5) is 0 Å². The number of carbonyl (C=O) groups is 1. The second kappa shape index (κ2) is 8.48. The fourth-order valence-corrected chi connectivity index (χ4v) is 3.94. The van der Waals surface area contributed by atoms with Crippen LogP contribution in [0.25, 0.3) is 10.9 Å². The first kappa shape index (κ1) is 19.2. The minimum absolute atomic E-state index is 0.0349. The van der Waals surface area contributed by atoms with Gasteiger partial charge in [0, 0.05) is 42.0 Å². The number of fused-ring (bicyclic) bond motifs is 1. The molecule has 0 saturated heterocycles. The number of hydrogen-bond donors (Lipinski definition) is 1. The molecule has 1 fully saturated rings. The summed E-state index contributed by atoms with van der Waals surface area (Å²) in [5, 5.41) is 8.58. The molecule has 2 aromatic heterocycles. The van der Waals surface area contributed by atoms with E-state index < -0.39 is 5.54 Å². The third-order valence-electron chi connectivity index (χ3n) is 5.60. The van der Waals surface area contributed by atoms with Crippen LogP contribution >= 0.6 is 0 Å². The standard InChI is InChI=1S/C24H26N4O/c1-19-10-15-26-28(19)16-11-23(29)27-24(12-5-2-6-13-24)14-9-20-17-21-7-3-4-8-22(21)25-18-20/h3-4,7-8,10,15,17-18H,2,5-6,11-13,16H2,1H3,(H,27,29). The lowest BCUT2D eigenvalue weighted by Crippen LogP contribution is -2.49. The van der Waals surface area contributed by atoms with Gasteiger partial charge in [-0.2, -0.15) is 5.10 Å². The molecule has 1 saturated carbocycles. The molecule has 148 valence electrons. The second-order valence-electron chi connectivity index (χ2n) is 7.80. The SMILES string of the molecule is Cc1ccnn1CCC(=O)NC1(C#Cc2cnc3ccccc3c2)CCCCC1. The molecule has 4 rings (SSSR count). The summed E-state index contributed by atoms with van der Waals surface area (Å²) in [5.41, 5.74) is 2.47. The van der Waals surface area contributed by atoms with Crippen LogP contribution in [0.15, 0.2) is 48.8 Å². The van der Waals surface area contributed by atoms with Gasteiger partial charge >= 0.3 is 0 Å². The van der Waals surface area contributed by atoms with Gasteiger partial charge in [-0.15, -0.1) is 0 Å². The molecule has 1 aliphatic carbocycles. The lowest BCUT2D eigenvalue weighted by atomic mass is 9.82. The van der Waals surface area contributed by atoms with E-state index in [0.717, 1.165) is 47.8 Å². The minimum atomic E-state index is -0.444. The van der Waals surface area contributed by atoms with Gasteiger partial charge in [0.15, 0.2) is 0 Å². The van der Waals surface area contributed by atoms with Crippen molar-refractivity contribution < 1.29 is 4.79 Å². The van der Waals surface area contributed by atoms with Crippen molar-refractivity contribution in [2.75, 3.05) is 0 Å². The summed E-state index contributed by atoms with van der Waals surface area (Å²) in [6.45, 7) is 2.58. The van der Waals surface area contributed by atoms with E-state index in [1.54, 1.807) is 6.20 Å². The second-order valence-corrected chi connectivity index (χ2v) is 7.80. The molecule has 0 spiro atoms. The molecule has 0 aliphatic heterocycles. The molecule has 5 nitrogen and oxygen atoms in total. The molecule has 1 aliphatic rings. The lowest BCUT2D eigenvalue weighted by molar-refractivity contribution is -0.123. The predicted molar refractivity (Wildman–Crippen MR) is 114 cm³/mol. The highest BCUT2D eigenvalue weighted by Crippen LogP contribution is 2.28. The van der Waals surface area contributed by atoms with Crippen molar-refractivity contribution in [1.82, 2.24) is 20.1 Å². The maximum Gasteiger partial charge on any atom is 0.223 e. The van der Waals surface area contributed by atoms with E-state index in [-0.39, 0.29) is 5.91 Å². The van der Waals surface area contributed by atoms with E-state index >= 15 is 0 Å². The summed E-state index contributed by atoms with van der Waals surface area (Å²) in [7, 11) is 0. The molecule has 1 amide bonds. The first-order chi connectivity index (χ1) is 14.1. The van der Waals surface area contributed by atoms with E-state index in [9.17, 15) is 4.79 Å². The number of carbonyl (C=O) groups excluding carboxylic acids is 1. The van der Waals surface area contributed by atoms with Gasteiger partial charge in [0.25, 0.3) is 0 Å². The Bertz CT molecular complexity index is 1070. The number of hydrogen-bond acceptors (Lipinski definition) is 3. The zero-order valence-corrected chi connectivity index (χ0v) is 16.8. The molecule has 2 heterocycles. The highest BCUT2D eigenvalue weighted by molar-refractivity contribution is 5.80. The van der Waals surface area contributed by atoms with Gasteiger partial charge in [0.05, 0.1) is 5.52 Å². The molecule has 1 aromatic carbocycles. The first-order valence-corrected chi connectivity index (χ1v) is 10.3. The Balaban J connectivity index is 1.49. The van der Waals surface area contributed by atoms with Crippen LogP contribution in [-0.4, -0.2) is 26.2 Å². The number of nitrogens with one attached hydrogen (secondary N) is 1.